The van der Waals surface area contributed by atoms with Gasteiger partial charge in [-0.25, -0.2) is 13.1 Å². The van der Waals surface area contributed by atoms with Crippen LogP contribution in [-0.4, -0.2) is 52.6 Å². The number of likely N-dealkylation sites (tertiary alicyclic amines) is 1. The van der Waals surface area contributed by atoms with Gasteiger partial charge in [-0.3, -0.25) is 0 Å². The molecular weight excluding hydrogens is 477 g/mol. The van der Waals surface area contributed by atoms with Crippen LogP contribution in [0.25, 0.3) is 0 Å². The largest absolute Gasteiger partial charge is 0.316 e. The van der Waals surface area contributed by atoms with Gasteiger partial charge < -0.3 is 10.2 Å². The monoisotopic (exact) mass is 511 g/mol. The minimum Gasteiger partial charge on any atom is -0.316 e. The second kappa shape index (κ2) is 12.5. The second-order valence-corrected chi connectivity index (χ2v) is 11.2. The van der Waals surface area contributed by atoms with E-state index >= 15 is 0 Å². The average Bonchev–Trinajstić information content (AvgIpc) is 2.81. The molecule has 1 aliphatic rings. The summed E-state index contributed by atoms with van der Waals surface area (Å²) in [4.78, 5) is 2.92. The molecule has 1 atom stereocenters. The van der Waals surface area contributed by atoms with E-state index < -0.39 is 10.0 Å². The SMILES string of the molecule is CCNC[C@@H](CCN1CCC(c2ccccc2S(=O)(=O)NCC)CC1)c1ccc(Cl)c(Cl)c1. The summed E-state index contributed by atoms with van der Waals surface area (Å²) in [5.41, 5.74) is 2.15. The van der Waals surface area contributed by atoms with Crippen LogP contribution in [0.2, 0.25) is 10.0 Å². The highest BCUT2D eigenvalue weighted by molar-refractivity contribution is 7.89. The Morgan fingerprint density at radius 1 is 1.03 bits per heavy atom. The van der Waals surface area contributed by atoms with Crippen molar-refractivity contribution in [3.05, 3.63) is 63.6 Å². The molecule has 33 heavy (non-hydrogen) atoms. The van der Waals surface area contributed by atoms with Gasteiger partial charge in [0, 0.05) is 13.1 Å². The van der Waals surface area contributed by atoms with Gasteiger partial charge in [-0.1, -0.05) is 61.3 Å². The predicted molar refractivity (Wildman–Crippen MR) is 138 cm³/mol. The Hall–Kier alpha value is -1.15. The minimum atomic E-state index is -3.46. The van der Waals surface area contributed by atoms with E-state index in [4.69, 9.17) is 23.2 Å². The fraction of sp³-hybridized carbons (Fsp3) is 0.520. The number of sulfonamides is 1. The summed E-state index contributed by atoms with van der Waals surface area (Å²) in [5.74, 6) is 0.627. The van der Waals surface area contributed by atoms with Crippen molar-refractivity contribution in [3.63, 3.8) is 0 Å². The Morgan fingerprint density at radius 2 is 1.76 bits per heavy atom. The van der Waals surface area contributed by atoms with Crippen LogP contribution >= 0.6 is 23.2 Å². The number of hydrogen-bond acceptors (Lipinski definition) is 4. The summed E-state index contributed by atoms with van der Waals surface area (Å²) in [6, 6.07) is 13.4. The molecular formula is C25H35Cl2N3O2S. The third-order valence-electron chi connectivity index (χ3n) is 6.42. The van der Waals surface area contributed by atoms with E-state index in [1.165, 1.54) is 5.56 Å². The lowest BCUT2D eigenvalue weighted by Crippen LogP contribution is -2.35. The zero-order valence-electron chi connectivity index (χ0n) is 19.5. The van der Waals surface area contributed by atoms with Gasteiger partial charge in [0.1, 0.15) is 0 Å². The van der Waals surface area contributed by atoms with Crippen LogP contribution < -0.4 is 10.0 Å². The van der Waals surface area contributed by atoms with E-state index in [1.54, 1.807) is 19.1 Å². The normalized spacial score (nSPS) is 16.7. The average molecular weight is 513 g/mol. The Morgan fingerprint density at radius 3 is 2.42 bits per heavy atom. The zero-order valence-corrected chi connectivity index (χ0v) is 21.8. The van der Waals surface area contributed by atoms with E-state index in [-0.39, 0.29) is 5.92 Å². The highest BCUT2D eigenvalue weighted by Gasteiger charge is 2.27. The Balaban J connectivity index is 1.61. The van der Waals surface area contributed by atoms with Gasteiger partial charge in [0.05, 0.1) is 14.9 Å². The lowest BCUT2D eigenvalue weighted by molar-refractivity contribution is 0.204. The maximum Gasteiger partial charge on any atom is 0.240 e. The lowest BCUT2D eigenvalue weighted by Gasteiger charge is -2.34. The van der Waals surface area contributed by atoms with Crippen LogP contribution in [-0.2, 0) is 10.0 Å². The molecule has 1 heterocycles. The van der Waals surface area contributed by atoms with Crippen LogP contribution in [0.3, 0.4) is 0 Å². The second-order valence-electron chi connectivity index (χ2n) is 8.62. The van der Waals surface area contributed by atoms with E-state index in [2.05, 4.69) is 27.9 Å². The molecule has 3 rings (SSSR count). The predicted octanol–water partition coefficient (Wildman–Crippen LogP) is 5.25. The first-order chi connectivity index (χ1) is 15.9. The molecule has 0 aliphatic carbocycles. The number of piperidine rings is 1. The first-order valence-corrected chi connectivity index (χ1v) is 14.1. The third kappa shape index (κ3) is 7.17. The number of likely N-dealkylation sites (N-methyl/N-ethyl adjacent to an activating group) is 1. The van der Waals surface area contributed by atoms with Gasteiger partial charge in [-0.2, -0.15) is 0 Å². The minimum absolute atomic E-state index is 0.263. The van der Waals surface area contributed by atoms with Crippen molar-refractivity contribution in [2.45, 2.75) is 49.8 Å². The third-order valence-corrected chi connectivity index (χ3v) is 8.78. The molecule has 2 aromatic rings. The van der Waals surface area contributed by atoms with Crippen molar-refractivity contribution in [1.29, 1.82) is 0 Å². The first kappa shape index (κ1) is 26.5. The van der Waals surface area contributed by atoms with Gasteiger partial charge in [-0.05, 0) is 86.6 Å². The van der Waals surface area contributed by atoms with Crippen molar-refractivity contribution in [2.75, 3.05) is 39.3 Å². The molecule has 0 radical (unpaired) electrons. The Bertz CT molecular complexity index is 1010. The van der Waals surface area contributed by atoms with Crippen LogP contribution in [0, 0.1) is 0 Å². The number of hydrogen-bond donors (Lipinski definition) is 2. The molecule has 0 spiro atoms. The summed E-state index contributed by atoms with van der Waals surface area (Å²) >= 11 is 12.4. The molecule has 0 unspecified atom stereocenters. The molecule has 0 amide bonds. The van der Waals surface area contributed by atoms with Crippen molar-refractivity contribution >= 4 is 33.2 Å². The summed E-state index contributed by atoms with van der Waals surface area (Å²) in [6.07, 6.45) is 2.95. The standard InChI is InChI=1S/C25H35Cl2N3O2S/c1-3-28-18-21(20-9-10-23(26)24(27)17-20)13-16-30-14-11-19(12-15-30)22-7-5-6-8-25(22)33(31,32)29-4-2/h5-10,17,19,21,28-29H,3-4,11-16,18H2,1-2H3/t21-/m1/s1. The Kier molecular flexibility index (Phi) is 10.0. The molecule has 0 aromatic heterocycles. The number of nitrogens with one attached hydrogen (secondary N) is 2. The fourth-order valence-corrected chi connectivity index (χ4v) is 6.25. The van der Waals surface area contributed by atoms with Crippen LogP contribution in [0.1, 0.15) is 56.1 Å². The molecule has 0 bridgehead atoms. The summed E-state index contributed by atoms with van der Waals surface area (Å²) in [5, 5.41) is 4.65. The van der Waals surface area contributed by atoms with Crippen LogP contribution in [0.5, 0.6) is 0 Å². The molecule has 1 aliphatic heterocycles. The summed E-state index contributed by atoms with van der Waals surface area (Å²) in [6.45, 7) is 9.08. The van der Waals surface area contributed by atoms with Crippen molar-refractivity contribution < 1.29 is 8.42 Å². The molecule has 2 aromatic carbocycles. The maximum atomic E-state index is 12.7. The van der Waals surface area contributed by atoms with Crippen molar-refractivity contribution in [2.24, 2.45) is 0 Å². The zero-order chi connectivity index (χ0) is 23.8. The van der Waals surface area contributed by atoms with E-state index in [9.17, 15) is 8.42 Å². The van der Waals surface area contributed by atoms with Gasteiger partial charge in [0.25, 0.3) is 0 Å². The number of rotatable bonds is 11. The van der Waals surface area contributed by atoms with Gasteiger partial charge in [0.15, 0.2) is 0 Å². The quantitative estimate of drug-likeness (QED) is 0.432. The number of nitrogens with zero attached hydrogens (tertiary/aromatic N) is 1. The topological polar surface area (TPSA) is 61.4 Å². The van der Waals surface area contributed by atoms with E-state index in [0.29, 0.717) is 27.4 Å². The molecule has 8 heteroatoms. The van der Waals surface area contributed by atoms with Gasteiger partial charge in [0.2, 0.25) is 10.0 Å². The highest BCUT2D eigenvalue weighted by atomic mass is 35.5. The fourth-order valence-electron chi connectivity index (χ4n) is 4.61. The van der Waals surface area contributed by atoms with Crippen molar-refractivity contribution in [3.8, 4) is 0 Å². The molecule has 0 saturated carbocycles. The smallest absolute Gasteiger partial charge is 0.240 e. The lowest BCUT2D eigenvalue weighted by atomic mass is 9.89. The van der Waals surface area contributed by atoms with Crippen molar-refractivity contribution in [1.82, 2.24) is 14.9 Å². The van der Waals surface area contributed by atoms with E-state index in [0.717, 1.165) is 57.5 Å². The number of halogens is 2. The molecule has 182 valence electrons. The molecule has 1 fully saturated rings. The van der Waals surface area contributed by atoms with Crippen LogP contribution in [0.15, 0.2) is 47.4 Å². The van der Waals surface area contributed by atoms with E-state index in [1.807, 2.05) is 24.3 Å². The summed E-state index contributed by atoms with van der Waals surface area (Å²) in [7, 11) is -3.46. The Labute approximate surface area is 208 Å². The molecule has 1 saturated heterocycles. The molecule has 2 N–H and O–H groups in total. The van der Waals surface area contributed by atoms with Crippen LogP contribution in [0.4, 0.5) is 0 Å². The van der Waals surface area contributed by atoms with Gasteiger partial charge in [-0.15, -0.1) is 0 Å². The summed E-state index contributed by atoms with van der Waals surface area (Å²) < 4.78 is 28.0. The van der Waals surface area contributed by atoms with Gasteiger partial charge >= 0.3 is 0 Å². The first-order valence-electron chi connectivity index (χ1n) is 11.8. The maximum absolute atomic E-state index is 12.7. The molecule has 5 nitrogen and oxygen atoms in total. The highest BCUT2D eigenvalue weighted by Crippen LogP contribution is 2.33. The number of benzene rings is 2.